The molecule has 0 aliphatic rings. The van der Waals surface area contributed by atoms with Crippen molar-refractivity contribution in [1.82, 2.24) is 0 Å². The topological polar surface area (TPSA) is 0 Å². The van der Waals surface area contributed by atoms with Crippen LogP contribution in [0.25, 0.3) is 43.8 Å². The molecule has 0 fully saturated rings. The number of halogens is 2. The van der Waals surface area contributed by atoms with E-state index in [2.05, 4.69) is 165 Å². The van der Waals surface area contributed by atoms with Gasteiger partial charge in [0.15, 0.2) is 0 Å². The molecule has 1 atom stereocenters. The molecule has 48 heavy (non-hydrogen) atoms. The standard InChI is InChI=1S/C22H25.C20H21.2CH3.2ClH.Si.Zr/c1-5-16(4)20-13-19-7-6-8-21(22(19)14-20)18-11-9-17(10-12-18)15(2)3;1-4-15-12-18-6-5-7-19(20(18)13-15)17-10-8-16(9-11-17)14(2)3;;;;;;/h6-16H,5H2,1-4H3;5-14H,4H2,1-3H3;2*1H3;2*1H;;/q4*-1;;;;. The van der Waals surface area contributed by atoms with E-state index in [1.165, 1.54) is 95.8 Å². The van der Waals surface area contributed by atoms with Gasteiger partial charge in [0.2, 0.25) is 0 Å². The van der Waals surface area contributed by atoms with E-state index in [4.69, 9.17) is 0 Å². The Hall–Kier alpha value is -2.22. The normalized spacial score (nSPS) is 10.8. The van der Waals surface area contributed by atoms with Crippen LogP contribution < -0.4 is 0 Å². The van der Waals surface area contributed by atoms with Gasteiger partial charge in [-0.25, -0.2) is 0 Å². The van der Waals surface area contributed by atoms with Gasteiger partial charge < -0.3 is 14.9 Å². The third kappa shape index (κ3) is 10.9. The second-order valence-electron chi connectivity index (χ2n) is 12.5. The zero-order valence-electron chi connectivity index (χ0n) is 30.4. The van der Waals surface area contributed by atoms with Crippen molar-refractivity contribution in [3.63, 3.8) is 0 Å². The van der Waals surface area contributed by atoms with Gasteiger partial charge in [-0.05, 0) is 46.4 Å². The molecular formula is C44H54Cl2SiZr-4. The van der Waals surface area contributed by atoms with Crippen LogP contribution in [-0.4, -0.2) is 6.88 Å². The predicted molar refractivity (Wildman–Crippen MR) is 219 cm³/mol. The molecule has 2 radical (unpaired) electrons. The summed E-state index contributed by atoms with van der Waals surface area (Å²) < 4.78 is 0. The first-order valence-corrected chi connectivity index (χ1v) is 20.3. The van der Waals surface area contributed by atoms with Crippen LogP contribution in [0.4, 0.5) is 0 Å². The van der Waals surface area contributed by atoms with E-state index < -0.39 is 0 Å². The number of benzene rings is 4. The molecule has 4 heteroatoms. The number of hydrogen-bond acceptors (Lipinski definition) is 0. The molecular weight excluding hydrogens is 719 g/mol. The Bertz CT molecular complexity index is 1780. The maximum atomic E-state index is 3.06. The maximum absolute atomic E-state index is 3.06. The van der Waals surface area contributed by atoms with Gasteiger partial charge in [-0.2, -0.15) is 12.1 Å². The molecule has 0 saturated carbocycles. The van der Waals surface area contributed by atoms with Crippen LogP contribution >= 0.6 is 24.8 Å². The first kappa shape index (κ1) is 45.8. The van der Waals surface area contributed by atoms with Gasteiger partial charge in [0.1, 0.15) is 0 Å². The second-order valence-corrected chi connectivity index (χ2v) is 12.5. The molecule has 6 aromatic rings. The van der Waals surface area contributed by atoms with Gasteiger partial charge in [-0.15, -0.1) is 93.9 Å². The fraction of sp³-hybridized carbons (Fsp3) is 0.273. The molecule has 0 bridgehead atoms. The van der Waals surface area contributed by atoms with Crippen LogP contribution in [0.3, 0.4) is 0 Å². The summed E-state index contributed by atoms with van der Waals surface area (Å²) in [4.78, 5) is 0. The summed E-state index contributed by atoms with van der Waals surface area (Å²) in [6.07, 6.45) is 2.29. The van der Waals surface area contributed by atoms with E-state index in [1.54, 1.807) is 0 Å². The van der Waals surface area contributed by atoms with Gasteiger partial charge in [0.25, 0.3) is 0 Å². The quantitative estimate of drug-likeness (QED) is 0.112. The summed E-state index contributed by atoms with van der Waals surface area (Å²) >= 11 is 1.36. The summed E-state index contributed by atoms with van der Waals surface area (Å²) in [6.45, 7) is 18.8. The van der Waals surface area contributed by atoms with E-state index in [9.17, 15) is 0 Å². The third-order valence-corrected chi connectivity index (χ3v) is 8.95. The van der Waals surface area contributed by atoms with Crippen molar-refractivity contribution in [1.29, 1.82) is 0 Å². The second kappa shape index (κ2) is 21.8. The van der Waals surface area contributed by atoms with Crippen molar-refractivity contribution < 1.29 is 23.3 Å². The number of fused-ring (bicyclic) bond motifs is 2. The zero-order valence-corrected chi connectivity index (χ0v) is 35.4. The van der Waals surface area contributed by atoms with Crippen LogP contribution in [0.2, 0.25) is 0 Å². The molecule has 0 saturated heterocycles. The Balaban J connectivity index is 0.000000813. The number of hydrogen-bond donors (Lipinski definition) is 0. The molecule has 0 N–H and O–H groups in total. The van der Waals surface area contributed by atoms with Gasteiger partial charge in [0, 0.05) is 0 Å². The Labute approximate surface area is 321 Å². The van der Waals surface area contributed by atoms with E-state index in [-0.39, 0.29) is 39.7 Å². The summed E-state index contributed by atoms with van der Waals surface area (Å²) in [5, 5.41) is 5.48. The van der Waals surface area contributed by atoms with Crippen molar-refractivity contribution in [3.05, 3.63) is 146 Å². The molecule has 1 unspecified atom stereocenters. The summed E-state index contributed by atoms with van der Waals surface area (Å²) in [5.41, 5.74) is 11.0. The molecule has 0 aromatic heterocycles. The van der Waals surface area contributed by atoms with Crippen molar-refractivity contribution in [2.24, 2.45) is 0 Å². The van der Waals surface area contributed by atoms with Crippen molar-refractivity contribution in [3.8, 4) is 22.3 Å². The molecule has 0 nitrogen and oxygen atoms in total. The van der Waals surface area contributed by atoms with E-state index in [0.29, 0.717) is 17.8 Å². The third-order valence-electron chi connectivity index (χ3n) is 8.95. The Morgan fingerprint density at radius 3 is 1.40 bits per heavy atom. The Kier molecular flexibility index (Phi) is 20.8. The van der Waals surface area contributed by atoms with Gasteiger partial charge in [-0.1, -0.05) is 127 Å². The van der Waals surface area contributed by atoms with Gasteiger partial charge >= 0.3 is 30.2 Å². The average Bonchev–Trinajstić information content (AvgIpc) is 3.70. The van der Waals surface area contributed by atoms with Crippen molar-refractivity contribution >= 4 is 53.2 Å². The number of aryl methyl sites for hydroxylation is 1. The van der Waals surface area contributed by atoms with Crippen LogP contribution in [0.1, 0.15) is 94.9 Å². The predicted octanol–water partition coefficient (Wildman–Crippen LogP) is 14.1. The molecule has 0 amide bonds. The summed E-state index contributed by atoms with van der Waals surface area (Å²) in [7, 11) is 0. The summed E-state index contributed by atoms with van der Waals surface area (Å²) in [5.74, 6) is 1.80. The minimum absolute atomic E-state index is 0. The molecule has 0 aliphatic heterocycles. The van der Waals surface area contributed by atoms with Crippen LogP contribution in [0.5, 0.6) is 0 Å². The fourth-order valence-electron chi connectivity index (χ4n) is 5.88. The molecule has 0 aliphatic carbocycles. The van der Waals surface area contributed by atoms with E-state index in [1.807, 2.05) is 0 Å². The molecule has 256 valence electrons. The number of rotatable bonds is 7. The van der Waals surface area contributed by atoms with Crippen molar-refractivity contribution in [2.75, 3.05) is 0 Å². The molecule has 0 spiro atoms. The monoisotopic (exact) mass is 770 g/mol. The fourth-order valence-corrected chi connectivity index (χ4v) is 5.88. The van der Waals surface area contributed by atoms with Gasteiger partial charge in [-0.3, -0.25) is 0 Å². The molecule has 0 heterocycles. The SMILES string of the molecule is CCC(C)c1cc2c(-c3ccc(C(C)C)cc3)cccc2[cH-]1.CCc1cc2c(-c3ccc(C(C)C)cc3)cccc2[cH-]1.Cl.Cl.[CH3-].[CH3-].[Si]=[Zr]. The van der Waals surface area contributed by atoms with Crippen LogP contribution in [0.15, 0.2) is 109 Å². The van der Waals surface area contributed by atoms with Gasteiger partial charge in [0.05, 0.1) is 0 Å². The average molecular weight is 773 g/mol. The van der Waals surface area contributed by atoms with Crippen LogP contribution in [0, 0.1) is 14.9 Å². The van der Waals surface area contributed by atoms with Crippen LogP contribution in [-0.2, 0) is 29.8 Å². The first-order valence-electron chi connectivity index (χ1n) is 16.1. The van der Waals surface area contributed by atoms with Crippen molar-refractivity contribution in [2.45, 2.75) is 79.1 Å². The summed E-state index contributed by atoms with van der Waals surface area (Å²) in [6, 6.07) is 40.7. The Morgan fingerprint density at radius 2 is 1.00 bits per heavy atom. The van der Waals surface area contributed by atoms with E-state index >= 15 is 0 Å². The first-order chi connectivity index (χ1) is 21.3. The molecule has 6 aromatic carbocycles. The Morgan fingerprint density at radius 1 is 0.583 bits per heavy atom. The van der Waals surface area contributed by atoms with E-state index in [0.717, 1.165) is 6.42 Å². The molecule has 6 rings (SSSR count). The zero-order chi connectivity index (χ0) is 31.8. The minimum atomic E-state index is 0.